The predicted molar refractivity (Wildman–Crippen MR) is 69.5 cm³/mol. The van der Waals surface area contributed by atoms with E-state index in [1.165, 1.54) is 70.9 Å². The Bertz CT molecular complexity index is 183. The highest BCUT2D eigenvalue weighted by atomic mass is 15.2. The third-order valence-electron chi connectivity index (χ3n) is 4.46. The summed E-state index contributed by atoms with van der Waals surface area (Å²) in [5.74, 6) is 1.01. The van der Waals surface area contributed by atoms with Crippen molar-refractivity contribution in [1.29, 1.82) is 0 Å². The van der Waals surface area contributed by atoms with Crippen molar-refractivity contribution in [3.05, 3.63) is 0 Å². The Kier molecular flexibility index (Phi) is 5.11. The molecule has 2 heteroatoms. The van der Waals surface area contributed by atoms with E-state index in [1.54, 1.807) is 0 Å². The molecule has 0 aromatic rings. The molecule has 2 N–H and O–H groups in total. The fourth-order valence-corrected chi connectivity index (χ4v) is 3.17. The molecular weight excluding hydrogens is 196 g/mol. The highest BCUT2D eigenvalue weighted by Gasteiger charge is 2.25. The second-order valence-electron chi connectivity index (χ2n) is 5.73. The second-order valence-corrected chi connectivity index (χ2v) is 5.73. The summed E-state index contributed by atoms with van der Waals surface area (Å²) in [6.07, 6.45) is 12.9. The maximum absolute atomic E-state index is 5.66. The van der Waals surface area contributed by atoms with Gasteiger partial charge in [0.05, 0.1) is 0 Å². The predicted octanol–water partition coefficient (Wildman–Crippen LogP) is 2.77. The summed E-state index contributed by atoms with van der Waals surface area (Å²) in [5, 5.41) is 0. The van der Waals surface area contributed by atoms with E-state index in [2.05, 4.69) is 4.90 Å². The van der Waals surface area contributed by atoms with Crippen LogP contribution in [0.2, 0.25) is 0 Å². The lowest BCUT2D eigenvalue weighted by molar-refractivity contribution is 0.107. The van der Waals surface area contributed by atoms with Crippen LogP contribution in [0, 0.1) is 5.92 Å². The number of nitrogens with two attached hydrogens (primary N) is 1. The number of hydrogen-bond acceptors (Lipinski definition) is 2. The molecule has 2 fully saturated rings. The van der Waals surface area contributed by atoms with Crippen molar-refractivity contribution in [3.63, 3.8) is 0 Å². The van der Waals surface area contributed by atoms with E-state index in [0.717, 1.165) is 18.5 Å². The van der Waals surface area contributed by atoms with Gasteiger partial charge < -0.3 is 10.6 Å². The molecule has 0 unspecified atom stereocenters. The van der Waals surface area contributed by atoms with Gasteiger partial charge in [-0.15, -0.1) is 0 Å². The first-order valence-electron chi connectivity index (χ1n) is 7.34. The molecule has 2 aliphatic carbocycles. The molecule has 2 rings (SSSR count). The van der Waals surface area contributed by atoms with E-state index in [0.29, 0.717) is 0 Å². The van der Waals surface area contributed by atoms with Gasteiger partial charge in [-0.2, -0.15) is 0 Å². The van der Waals surface area contributed by atoms with Crippen molar-refractivity contribution < 1.29 is 0 Å². The molecule has 94 valence electrons. The Hall–Kier alpha value is -0.0800. The lowest BCUT2D eigenvalue weighted by Gasteiger charge is -2.39. The quantitative estimate of drug-likeness (QED) is 0.751. The van der Waals surface area contributed by atoms with Crippen LogP contribution in [0.25, 0.3) is 0 Å². The van der Waals surface area contributed by atoms with Gasteiger partial charge in [0.1, 0.15) is 0 Å². The molecule has 0 bridgehead atoms. The first-order chi connectivity index (χ1) is 7.90. The monoisotopic (exact) mass is 224 g/mol. The van der Waals surface area contributed by atoms with Crippen LogP contribution in [-0.2, 0) is 0 Å². The molecule has 0 aromatic heterocycles. The van der Waals surface area contributed by atoms with Crippen molar-refractivity contribution in [2.45, 2.75) is 63.8 Å². The van der Waals surface area contributed by atoms with E-state index in [9.17, 15) is 0 Å². The molecule has 2 aliphatic rings. The maximum Gasteiger partial charge on any atom is 0.00953 e. The largest absolute Gasteiger partial charge is 0.330 e. The van der Waals surface area contributed by atoms with Crippen molar-refractivity contribution in [2.24, 2.45) is 11.7 Å². The Morgan fingerprint density at radius 1 is 0.938 bits per heavy atom. The summed E-state index contributed by atoms with van der Waals surface area (Å²) in [6.45, 7) is 3.47. The summed E-state index contributed by atoms with van der Waals surface area (Å²) < 4.78 is 0. The third-order valence-corrected chi connectivity index (χ3v) is 4.46. The zero-order valence-corrected chi connectivity index (χ0v) is 10.7. The van der Waals surface area contributed by atoms with Crippen molar-refractivity contribution in [1.82, 2.24) is 4.90 Å². The van der Waals surface area contributed by atoms with Crippen molar-refractivity contribution in [3.8, 4) is 0 Å². The molecule has 0 aliphatic heterocycles. The van der Waals surface area contributed by atoms with Crippen LogP contribution in [0.5, 0.6) is 0 Å². The number of nitrogens with zero attached hydrogens (tertiary/aromatic N) is 1. The zero-order chi connectivity index (χ0) is 11.2. The molecule has 2 nitrogen and oxygen atoms in total. The molecule has 0 amide bonds. The van der Waals surface area contributed by atoms with Gasteiger partial charge in [0.25, 0.3) is 0 Å². The standard InChI is InChI=1S/C14H28N2/c15-10-5-11-16(12-13-6-4-7-13)14-8-2-1-3-9-14/h13-14H,1-12,15H2. The van der Waals surface area contributed by atoms with Crippen LogP contribution in [0.15, 0.2) is 0 Å². The van der Waals surface area contributed by atoms with Gasteiger partial charge in [-0.25, -0.2) is 0 Å². The van der Waals surface area contributed by atoms with E-state index in [1.807, 2.05) is 0 Å². The van der Waals surface area contributed by atoms with Gasteiger partial charge in [0.15, 0.2) is 0 Å². The molecule has 0 aromatic carbocycles. The van der Waals surface area contributed by atoms with Gasteiger partial charge in [-0.1, -0.05) is 25.7 Å². The number of rotatable bonds is 6. The molecule has 0 radical (unpaired) electrons. The normalized spacial score (nSPS) is 23.6. The lowest BCUT2D eigenvalue weighted by atomic mass is 9.84. The molecule has 0 spiro atoms. The van der Waals surface area contributed by atoms with Crippen LogP contribution >= 0.6 is 0 Å². The smallest absolute Gasteiger partial charge is 0.00953 e. The molecule has 16 heavy (non-hydrogen) atoms. The van der Waals surface area contributed by atoms with Crippen LogP contribution in [0.3, 0.4) is 0 Å². The molecule has 2 saturated carbocycles. The average Bonchev–Trinajstić information content (AvgIpc) is 2.28. The average molecular weight is 224 g/mol. The van der Waals surface area contributed by atoms with E-state index < -0.39 is 0 Å². The zero-order valence-electron chi connectivity index (χ0n) is 10.7. The van der Waals surface area contributed by atoms with Gasteiger partial charge in [-0.05, 0) is 51.1 Å². The van der Waals surface area contributed by atoms with Crippen molar-refractivity contribution in [2.75, 3.05) is 19.6 Å². The maximum atomic E-state index is 5.66. The minimum Gasteiger partial charge on any atom is -0.330 e. The first-order valence-corrected chi connectivity index (χ1v) is 7.34. The Labute approximate surface area is 101 Å². The van der Waals surface area contributed by atoms with Gasteiger partial charge in [0, 0.05) is 12.6 Å². The van der Waals surface area contributed by atoms with Crippen LogP contribution in [0.4, 0.5) is 0 Å². The fraction of sp³-hybridized carbons (Fsp3) is 1.00. The Morgan fingerprint density at radius 3 is 2.25 bits per heavy atom. The Morgan fingerprint density at radius 2 is 1.69 bits per heavy atom. The summed E-state index contributed by atoms with van der Waals surface area (Å²) in [4.78, 5) is 2.77. The highest BCUT2D eigenvalue weighted by molar-refractivity contribution is 4.80. The van der Waals surface area contributed by atoms with Crippen molar-refractivity contribution >= 4 is 0 Å². The van der Waals surface area contributed by atoms with E-state index in [-0.39, 0.29) is 0 Å². The summed E-state index contributed by atoms with van der Waals surface area (Å²) in [5.41, 5.74) is 5.66. The SMILES string of the molecule is NCCCN(CC1CCC1)C1CCCCC1. The van der Waals surface area contributed by atoms with Gasteiger partial charge in [0.2, 0.25) is 0 Å². The topological polar surface area (TPSA) is 29.3 Å². The lowest BCUT2D eigenvalue weighted by Crippen LogP contribution is -2.42. The third kappa shape index (κ3) is 3.46. The molecular formula is C14H28N2. The first kappa shape index (κ1) is 12.4. The minimum absolute atomic E-state index is 0.855. The van der Waals surface area contributed by atoms with Gasteiger partial charge >= 0.3 is 0 Å². The summed E-state index contributed by atoms with van der Waals surface area (Å²) >= 11 is 0. The molecule has 0 atom stereocenters. The molecule has 0 saturated heterocycles. The fourth-order valence-electron chi connectivity index (χ4n) is 3.17. The van der Waals surface area contributed by atoms with Crippen LogP contribution in [0.1, 0.15) is 57.8 Å². The van der Waals surface area contributed by atoms with E-state index in [4.69, 9.17) is 5.73 Å². The number of hydrogen-bond donors (Lipinski definition) is 1. The van der Waals surface area contributed by atoms with Crippen LogP contribution < -0.4 is 5.73 Å². The second kappa shape index (κ2) is 6.61. The Balaban J connectivity index is 1.78. The van der Waals surface area contributed by atoms with Gasteiger partial charge in [-0.3, -0.25) is 0 Å². The van der Waals surface area contributed by atoms with E-state index >= 15 is 0 Å². The summed E-state index contributed by atoms with van der Waals surface area (Å²) in [6, 6.07) is 0.890. The summed E-state index contributed by atoms with van der Waals surface area (Å²) in [7, 11) is 0. The minimum atomic E-state index is 0.855. The molecule has 0 heterocycles. The highest BCUT2D eigenvalue weighted by Crippen LogP contribution is 2.30. The van der Waals surface area contributed by atoms with Crippen LogP contribution in [-0.4, -0.2) is 30.6 Å².